The van der Waals surface area contributed by atoms with Crippen LogP contribution in [0.25, 0.3) is 0 Å². The summed E-state index contributed by atoms with van der Waals surface area (Å²) >= 11 is 0. The summed E-state index contributed by atoms with van der Waals surface area (Å²) in [4.78, 5) is 29.9. The van der Waals surface area contributed by atoms with Gasteiger partial charge in [-0.2, -0.15) is 0 Å². The molecule has 1 N–H and O–H groups in total. The number of piperazine rings is 1. The maximum atomic E-state index is 12.5. The lowest BCUT2D eigenvalue weighted by Gasteiger charge is -2.35. The number of nitrogens with zero attached hydrogens (tertiary/aromatic N) is 5. The van der Waals surface area contributed by atoms with E-state index >= 15 is 0 Å². The molecule has 3 heterocycles. The van der Waals surface area contributed by atoms with Crippen LogP contribution in [0.5, 0.6) is 5.75 Å². The lowest BCUT2D eigenvalue weighted by atomic mass is 10.2. The van der Waals surface area contributed by atoms with E-state index < -0.39 is 0 Å². The average molecular weight is 390 g/mol. The molecule has 0 bridgehead atoms. The monoisotopic (exact) mass is 390 g/mol. The van der Waals surface area contributed by atoms with Crippen molar-refractivity contribution in [3.05, 3.63) is 66.7 Å². The molecule has 0 saturated carbocycles. The first-order chi connectivity index (χ1) is 14.2. The summed E-state index contributed by atoms with van der Waals surface area (Å²) in [6.45, 7) is 3.35. The summed E-state index contributed by atoms with van der Waals surface area (Å²) in [5, 5.41) is 2.84. The first kappa shape index (κ1) is 18.7. The summed E-state index contributed by atoms with van der Waals surface area (Å²) in [6, 6.07) is 12.8. The largest absolute Gasteiger partial charge is 0.495 e. The molecule has 148 valence electrons. The van der Waals surface area contributed by atoms with Crippen molar-refractivity contribution in [2.75, 3.05) is 48.4 Å². The van der Waals surface area contributed by atoms with E-state index in [4.69, 9.17) is 4.74 Å². The third kappa shape index (κ3) is 4.26. The molecule has 1 aliphatic rings. The van der Waals surface area contributed by atoms with Crippen molar-refractivity contribution in [2.24, 2.45) is 0 Å². The van der Waals surface area contributed by atoms with Crippen LogP contribution in [-0.2, 0) is 0 Å². The molecule has 1 saturated heterocycles. The van der Waals surface area contributed by atoms with Gasteiger partial charge in [-0.3, -0.25) is 4.79 Å². The number of para-hydroxylation sites is 2. The normalized spacial score (nSPS) is 13.8. The fourth-order valence-corrected chi connectivity index (χ4v) is 3.26. The number of hydrogen-bond acceptors (Lipinski definition) is 7. The number of benzene rings is 1. The molecule has 0 spiro atoms. The molecule has 8 nitrogen and oxygen atoms in total. The zero-order valence-electron chi connectivity index (χ0n) is 16.2. The predicted molar refractivity (Wildman–Crippen MR) is 112 cm³/mol. The molecule has 2 aromatic heterocycles. The van der Waals surface area contributed by atoms with Crippen molar-refractivity contribution < 1.29 is 9.53 Å². The summed E-state index contributed by atoms with van der Waals surface area (Å²) in [5.74, 6) is 1.10. The number of aromatic nitrogens is 3. The quantitative estimate of drug-likeness (QED) is 0.716. The van der Waals surface area contributed by atoms with Crippen LogP contribution in [0, 0.1) is 0 Å². The molecule has 1 amide bonds. The number of anilines is 3. The van der Waals surface area contributed by atoms with Crippen molar-refractivity contribution >= 4 is 23.2 Å². The molecule has 1 aliphatic heterocycles. The molecular weight excluding hydrogens is 368 g/mol. The van der Waals surface area contributed by atoms with E-state index in [9.17, 15) is 4.79 Å². The number of nitrogens with one attached hydrogen (secondary N) is 1. The van der Waals surface area contributed by atoms with Crippen molar-refractivity contribution in [2.45, 2.75) is 0 Å². The first-order valence-corrected chi connectivity index (χ1v) is 9.42. The maximum absolute atomic E-state index is 12.5. The number of hydrogen-bond donors (Lipinski definition) is 1. The van der Waals surface area contributed by atoms with Gasteiger partial charge in [-0.25, -0.2) is 15.0 Å². The van der Waals surface area contributed by atoms with E-state index in [1.165, 1.54) is 0 Å². The fraction of sp³-hybridized carbons (Fsp3) is 0.238. The van der Waals surface area contributed by atoms with Crippen LogP contribution >= 0.6 is 0 Å². The lowest BCUT2D eigenvalue weighted by molar-refractivity contribution is 0.102. The number of amides is 1. The summed E-state index contributed by atoms with van der Waals surface area (Å²) in [7, 11) is 1.57. The fourth-order valence-electron chi connectivity index (χ4n) is 3.26. The van der Waals surface area contributed by atoms with E-state index in [-0.39, 0.29) is 5.91 Å². The zero-order valence-corrected chi connectivity index (χ0v) is 16.2. The van der Waals surface area contributed by atoms with Gasteiger partial charge in [0.25, 0.3) is 5.91 Å². The molecule has 1 fully saturated rings. The van der Waals surface area contributed by atoms with Gasteiger partial charge in [0.2, 0.25) is 5.95 Å². The number of pyridine rings is 1. The Balaban J connectivity index is 1.37. The minimum absolute atomic E-state index is 0.271. The second-order valence-corrected chi connectivity index (χ2v) is 6.58. The molecule has 3 aromatic rings. The van der Waals surface area contributed by atoms with Gasteiger partial charge in [0.15, 0.2) is 0 Å². The smallest absolute Gasteiger partial charge is 0.274 e. The molecule has 0 unspecified atom stereocenters. The van der Waals surface area contributed by atoms with Gasteiger partial charge in [0.1, 0.15) is 11.4 Å². The predicted octanol–water partition coefficient (Wildman–Crippen LogP) is 2.46. The highest BCUT2D eigenvalue weighted by molar-refractivity contribution is 6.03. The maximum Gasteiger partial charge on any atom is 0.274 e. The van der Waals surface area contributed by atoms with E-state index in [0.717, 1.165) is 37.8 Å². The standard InChI is InChI=1S/C21H22N6O2/c1-29-19-6-3-2-5-17(19)25-20(28)18-8-7-16(15-24-18)26-11-13-27(14-12-26)21-22-9-4-10-23-21/h2-10,15H,11-14H2,1H3,(H,25,28). The van der Waals surface area contributed by atoms with Crippen LogP contribution in [0.4, 0.5) is 17.3 Å². The third-order valence-corrected chi connectivity index (χ3v) is 4.82. The minimum Gasteiger partial charge on any atom is -0.495 e. The Kier molecular flexibility index (Phi) is 5.51. The number of methoxy groups -OCH3 is 1. The van der Waals surface area contributed by atoms with Crippen LogP contribution < -0.4 is 19.9 Å². The number of carbonyl (C=O) groups excluding carboxylic acids is 1. The van der Waals surface area contributed by atoms with Gasteiger partial charge in [0.05, 0.1) is 24.7 Å². The van der Waals surface area contributed by atoms with E-state index in [2.05, 4.69) is 30.1 Å². The summed E-state index contributed by atoms with van der Waals surface area (Å²) < 4.78 is 5.27. The van der Waals surface area contributed by atoms with Crippen LogP contribution in [0.1, 0.15) is 10.5 Å². The Hall–Kier alpha value is -3.68. The van der Waals surface area contributed by atoms with Gasteiger partial charge in [0, 0.05) is 38.6 Å². The van der Waals surface area contributed by atoms with Crippen LogP contribution in [0.15, 0.2) is 61.1 Å². The van der Waals surface area contributed by atoms with Gasteiger partial charge in [-0.1, -0.05) is 12.1 Å². The van der Waals surface area contributed by atoms with Crippen molar-refractivity contribution in [3.63, 3.8) is 0 Å². The molecule has 0 aliphatic carbocycles. The Morgan fingerprint density at radius 1 is 0.931 bits per heavy atom. The molecule has 4 rings (SSSR count). The van der Waals surface area contributed by atoms with Crippen LogP contribution in [0.2, 0.25) is 0 Å². The highest BCUT2D eigenvalue weighted by atomic mass is 16.5. The number of ether oxygens (including phenoxy) is 1. The van der Waals surface area contributed by atoms with Crippen molar-refractivity contribution in [1.29, 1.82) is 0 Å². The SMILES string of the molecule is COc1ccccc1NC(=O)c1ccc(N2CCN(c3ncccn3)CC2)cn1. The summed E-state index contributed by atoms with van der Waals surface area (Å²) in [6.07, 6.45) is 5.26. The highest BCUT2D eigenvalue weighted by Crippen LogP contribution is 2.24. The lowest BCUT2D eigenvalue weighted by Crippen LogP contribution is -2.47. The van der Waals surface area contributed by atoms with Crippen LogP contribution in [0.3, 0.4) is 0 Å². The van der Waals surface area contributed by atoms with E-state index in [1.54, 1.807) is 43.9 Å². The molecule has 1 aromatic carbocycles. The van der Waals surface area contributed by atoms with E-state index in [0.29, 0.717) is 17.1 Å². The Bertz CT molecular complexity index is 956. The van der Waals surface area contributed by atoms with Crippen molar-refractivity contribution in [3.8, 4) is 5.75 Å². The molecule has 0 atom stereocenters. The Morgan fingerprint density at radius 2 is 1.66 bits per heavy atom. The van der Waals surface area contributed by atoms with Gasteiger partial charge in [-0.05, 0) is 30.3 Å². The molecule has 8 heteroatoms. The average Bonchev–Trinajstić information content (AvgIpc) is 2.80. The topological polar surface area (TPSA) is 83.5 Å². The number of carbonyl (C=O) groups is 1. The third-order valence-electron chi connectivity index (χ3n) is 4.82. The summed E-state index contributed by atoms with van der Waals surface area (Å²) in [5.41, 5.74) is 1.97. The Labute approximate surface area is 169 Å². The number of rotatable bonds is 5. The minimum atomic E-state index is -0.271. The van der Waals surface area contributed by atoms with Gasteiger partial charge in [-0.15, -0.1) is 0 Å². The molecule has 29 heavy (non-hydrogen) atoms. The first-order valence-electron chi connectivity index (χ1n) is 9.42. The molecule has 0 radical (unpaired) electrons. The van der Waals surface area contributed by atoms with Crippen molar-refractivity contribution in [1.82, 2.24) is 15.0 Å². The van der Waals surface area contributed by atoms with Crippen LogP contribution in [-0.4, -0.2) is 54.1 Å². The second-order valence-electron chi connectivity index (χ2n) is 6.58. The van der Waals surface area contributed by atoms with E-state index in [1.807, 2.05) is 24.3 Å². The van der Waals surface area contributed by atoms with Gasteiger partial charge < -0.3 is 19.9 Å². The Morgan fingerprint density at radius 3 is 2.34 bits per heavy atom. The molecular formula is C21H22N6O2. The zero-order chi connectivity index (χ0) is 20.1. The second kappa shape index (κ2) is 8.55. The highest BCUT2D eigenvalue weighted by Gasteiger charge is 2.19. The van der Waals surface area contributed by atoms with Gasteiger partial charge >= 0.3 is 0 Å².